The molecule has 0 fully saturated rings. The van der Waals surface area contributed by atoms with Crippen LogP contribution in [0.4, 0.5) is 4.79 Å². The number of aromatic nitrogens is 2. The van der Waals surface area contributed by atoms with E-state index in [0.717, 1.165) is 23.5 Å². The van der Waals surface area contributed by atoms with Gasteiger partial charge in [-0.05, 0) is 27.8 Å². The molecule has 2 rings (SSSR count). The predicted octanol–water partition coefficient (Wildman–Crippen LogP) is 1.39. The number of hydrogen-bond acceptors (Lipinski definition) is 4. The summed E-state index contributed by atoms with van der Waals surface area (Å²) < 4.78 is 7.27. The Hall–Kier alpha value is -1.56. The molecule has 6 heteroatoms. The first kappa shape index (κ1) is 13.9. The number of nitrogens with zero attached hydrogens (tertiary/aromatic N) is 3. The Kier molecular flexibility index (Phi) is 3.54. The number of fused-ring (bicyclic) bond motifs is 1. The molecule has 0 saturated carbocycles. The van der Waals surface area contributed by atoms with Gasteiger partial charge in [-0.3, -0.25) is 9.58 Å². The van der Waals surface area contributed by atoms with Crippen molar-refractivity contribution in [2.24, 2.45) is 7.05 Å². The molecule has 1 aliphatic heterocycles. The van der Waals surface area contributed by atoms with Crippen LogP contribution in [0.15, 0.2) is 0 Å². The zero-order valence-electron chi connectivity index (χ0n) is 12.3. The monoisotopic (exact) mass is 266 g/mol. The first-order valence-electron chi connectivity index (χ1n) is 6.48. The smallest absolute Gasteiger partial charge is 0.410 e. The lowest BCUT2D eigenvalue weighted by molar-refractivity contribution is 0.0238. The van der Waals surface area contributed by atoms with Gasteiger partial charge in [0.05, 0.1) is 24.5 Å². The lowest BCUT2D eigenvalue weighted by Gasteiger charge is -2.24. The van der Waals surface area contributed by atoms with E-state index in [1.165, 1.54) is 0 Å². The molecule has 0 unspecified atom stereocenters. The molecule has 0 aliphatic carbocycles. The van der Waals surface area contributed by atoms with Gasteiger partial charge in [0.1, 0.15) is 5.60 Å². The SMILES string of the molecule is CNCc1c2c(nn1C)CN(C(=O)OC(C)(C)C)C2. The second-order valence-corrected chi connectivity index (χ2v) is 5.86. The molecule has 0 saturated heterocycles. The molecule has 19 heavy (non-hydrogen) atoms. The molecule has 0 aromatic carbocycles. The molecule has 0 atom stereocenters. The van der Waals surface area contributed by atoms with E-state index in [9.17, 15) is 4.79 Å². The second-order valence-electron chi connectivity index (χ2n) is 5.86. The third kappa shape index (κ3) is 2.89. The van der Waals surface area contributed by atoms with Gasteiger partial charge in [-0.15, -0.1) is 0 Å². The van der Waals surface area contributed by atoms with Crippen molar-refractivity contribution in [2.75, 3.05) is 7.05 Å². The molecule has 1 aromatic rings. The van der Waals surface area contributed by atoms with E-state index in [4.69, 9.17) is 4.74 Å². The average Bonchev–Trinajstić information content (AvgIpc) is 2.77. The van der Waals surface area contributed by atoms with E-state index in [1.807, 2.05) is 39.5 Å². The van der Waals surface area contributed by atoms with Gasteiger partial charge in [0.15, 0.2) is 0 Å². The van der Waals surface area contributed by atoms with Crippen molar-refractivity contribution < 1.29 is 9.53 Å². The molecule has 0 spiro atoms. The van der Waals surface area contributed by atoms with Gasteiger partial charge in [0.2, 0.25) is 0 Å². The largest absolute Gasteiger partial charge is 0.444 e. The fourth-order valence-electron chi connectivity index (χ4n) is 2.24. The molecule has 0 radical (unpaired) electrons. The fourth-order valence-corrected chi connectivity index (χ4v) is 2.24. The van der Waals surface area contributed by atoms with Gasteiger partial charge >= 0.3 is 6.09 Å². The van der Waals surface area contributed by atoms with Crippen molar-refractivity contribution in [3.8, 4) is 0 Å². The van der Waals surface area contributed by atoms with E-state index >= 15 is 0 Å². The Morgan fingerprint density at radius 1 is 1.42 bits per heavy atom. The number of nitrogens with one attached hydrogen (secondary N) is 1. The summed E-state index contributed by atoms with van der Waals surface area (Å²) in [4.78, 5) is 13.7. The summed E-state index contributed by atoms with van der Waals surface area (Å²) >= 11 is 0. The van der Waals surface area contributed by atoms with Crippen LogP contribution in [0.5, 0.6) is 0 Å². The van der Waals surface area contributed by atoms with E-state index in [0.29, 0.717) is 13.1 Å². The molecule has 1 aromatic heterocycles. The minimum absolute atomic E-state index is 0.274. The maximum absolute atomic E-state index is 12.0. The highest BCUT2D eigenvalue weighted by Gasteiger charge is 2.31. The molecule has 106 valence electrons. The second kappa shape index (κ2) is 4.85. The van der Waals surface area contributed by atoms with Crippen molar-refractivity contribution >= 4 is 6.09 Å². The molecule has 0 bridgehead atoms. The first-order chi connectivity index (χ1) is 8.81. The average molecular weight is 266 g/mol. The number of carbonyl (C=O) groups is 1. The summed E-state index contributed by atoms with van der Waals surface area (Å²) in [6.07, 6.45) is -0.274. The summed E-state index contributed by atoms with van der Waals surface area (Å²) in [5, 5.41) is 7.59. The van der Waals surface area contributed by atoms with Crippen molar-refractivity contribution in [2.45, 2.75) is 46.0 Å². The summed E-state index contributed by atoms with van der Waals surface area (Å²) in [7, 11) is 3.84. The minimum Gasteiger partial charge on any atom is -0.444 e. The minimum atomic E-state index is -0.463. The molecule has 1 amide bonds. The maximum atomic E-state index is 12.0. The summed E-state index contributed by atoms with van der Waals surface area (Å²) in [5.41, 5.74) is 2.78. The van der Waals surface area contributed by atoms with Crippen LogP contribution in [0.25, 0.3) is 0 Å². The van der Waals surface area contributed by atoms with Crippen molar-refractivity contribution in [3.63, 3.8) is 0 Å². The number of rotatable bonds is 2. The van der Waals surface area contributed by atoms with Crippen LogP contribution in [0.2, 0.25) is 0 Å². The van der Waals surface area contributed by atoms with Crippen LogP contribution in [-0.4, -0.2) is 33.4 Å². The van der Waals surface area contributed by atoms with Crippen LogP contribution >= 0.6 is 0 Å². The first-order valence-corrected chi connectivity index (χ1v) is 6.48. The number of hydrogen-bond donors (Lipinski definition) is 1. The lowest BCUT2D eigenvalue weighted by atomic mass is 10.2. The number of aryl methyl sites for hydroxylation is 1. The van der Waals surface area contributed by atoms with E-state index < -0.39 is 5.60 Å². The Morgan fingerprint density at radius 2 is 2.11 bits per heavy atom. The highest BCUT2D eigenvalue weighted by molar-refractivity contribution is 5.69. The molecular formula is C13H22N4O2. The Labute approximate surface area is 113 Å². The third-order valence-corrected chi connectivity index (χ3v) is 3.04. The van der Waals surface area contributed by atoms with Crippen LogP contribution in [0.1, 0.15) is 37.7 Å². The summed E-state index contributed by atoms with van der Waals surface area (Å²) in [6, 6.07) is 0. The van der Waals surface area contributed by atoms with Gasteiger partial charge < -0.3 is 10.1 Å². The topological polar surface area (TPSA) is 59.4 Å². The number of amides is 1. The Balaban J connectivity index is 2.10. The third-order valence-electron chi connectivity index (χ3n) is 3.04. The Morgan fingerprint density at radius 3 is 2.68 bits per heavy atom. The van der Waals surface area contributed by atoms with Crippen LogP contribution in [-0.2, 0) is 31.4 Å². The fraction of sp³-hybridized carbons (Fsp3) is 0.692. The normalized spacial score (nSPS) is 14.7. The van der Waals surface area contributed by atoms with Crippen molar-refractivity contribution in [1.82, 2.24) is 20.0 Å². The molecule has 6 nitrogen and oxygen atoms in total. The molecule has 1 aliphatic rings. The van der Waals surface area contributed by atoms with E-state index in [2.05, 4.69) is 10.4 Å². The highest BCUT2D eigenvalue weighted by atomic mass is 16.6. The maximum Gasteiger partial charge on any atom is 0.410 e. The standard InChI is InChI=1S/C13H22N4O2/c1-13(2,3)19-12(18)17-7-9-10(8-17)15-16(5)11(9)6-14-4/h14H,6-8H2,1-5H3. The van der Waals surface area contributed by atoms with Gasteiger partial charge in [-0.25, -0.2) is 4.79 Å². The number of carbonyl (C=O) groups excluding carboxylic acids is 1. The Bertz CT molecular complexity index is 488. The van der Waals surface area contributed by atoms with Gasteiger partial charge in [0.25, 0.3) is 0 Å². The summed E-state index contributed by atoms with van der Waals surface area (Å²) in [5.74, 6) is 0. The zero-order valence-corrected chi connectivity index (χ0v) is 12.3. The highest BCUT2D eigenvalue weighted by Crippen LogP contribution is 2.26. The van der Waals surface area contributed by atoms with Crippen LogP contribution in [0, 0.1) is 0 Å². The predicted molar refractivity (Wildman–Crippen MR) is 71.5 cm³/mol. The zero-order chi connectivity index (χ0) is 14.2. The van der Waals surface area contributed by atoms with Gasteiger partial charge in [-0.1, -0.05) is 0 Å². The number of ether oxygens (including phenoxy) is 1. The van der Waals surface area contributed by atoms with E-state index in [-0.39, 0.29) is 6.09 Å². The van der Waals surface area contributed by atoms with Crippen molar-refractivity contribution in [3.05, 3.63) is 17.0 Å². The lowest BCUT2D eigenvalue weighted by Crippen LogP contribution is -2.33. The van der Waals surface area contributed by atoms with Crippen molar-refractivity contribution in [1.29, 1.82) is 0 Å². The quantitative estimate of drug-likeness (QED) is 0.879. The molecular weight excluding hydrogens is 244 g/mol. The van der Waals surface area contributed by atoms with Crippen LogP contribution in [0.3, 0.4) is 0 Å². The van der Waals surface area contributed by atoms with Crippen LogP contribution < -0.4 is 5.32 Å². The van der Waals surface area contributed by atoms with Gasteiger partial charge in [0, 0.05) is 19.2 Å². The van der Waals surface area contributed by atoms with Gasteiger partial charge in [-0.2, -0.15) is 5.10 Å². The summed E-state index contributed by atoms with van der Waals surface area (Å²) in [6.45, 7) is 7.48. The van der Waals surface area contributed by atoms with E-state index in [1.54, 1.807) is 4.90 Å². The molecule has 1 N–H and O–H groups in total. The molecule has 2 heterocycles.